The Morgan fingerprint density at radius 2 is 1.96 bits per heavy atom. The van der Waals surface area contributed by atoms with E-state index in [1.54, 1.807) is 13.2 Å². The standard InChI is InChI=1S/C20H31N5O2/c1-3-4-12-26-14-15-27-13-10-22-20(21-2)23-17-18-7-5-8-19(16-18)25-11-6-9-24-25/h5-9,11,16H,3-4,10,12-15,17H2,1-2H3,(H2,21,22,23). The number of rotatable bonds is 12. The first-order valence-electron chi connectivity index (χ1n) is 9.52. The van der Waals surface area contributed by atoms with Crippen molar-refractivity contribution in [1.82, 2.24) is 20.4 Å². The number of aliphatic imine (C=N–C) groups is 1. The van der Waals surface area contributed by atoms with Gasteiger partial charge in [0, 0.05) is 39.1 Å². The Labute approximate surface area is 161 Å². The van der Waals surface area contributed by atoms with Gasteiger partial charge in [-0.2, -0.15) is 5.10 Å². The number of unbranched alkanes of at least 4 members (excludes halogenated alkanes) is 1. The van der Waals surface area contributed by atoms with Crippen LogP contribution in [0.15, 0.2) is 47.7 Å². The van der Waals surface area contributed by atoms with Crippen LogP contribution in [0.3, 0.4) is 0 Å². The molecule has 0 radical (unpaired) electrons. The van der Waals surface area contributed by atoms with Crippen molar-refractivity contribution in [3.05, 3.63) is 48.3 Å². The molecule has 2 aromatic rings. The van der Waals surface area contributed by atoms with E-state index in [1.807, 2.05) is 29.1 Å². The van der Waals surface area contributed by atoms with Crippen LogP contribution < -0.4 is 10.6 Å². The van der Waals surface area contributed by atoms with Crippen molar-refractivity contribution >= 4 is 5.96 Å². The summed E-state index contributed by atoms with van der Waals surface area (Å²) in [5.74, 6) is 0.752. The molecule has 0 atom stereocenters. The van der Waals surface area contributed by atoms with Gasteiger partial charge in [-0.05, 0) is 30.2 Å². The maximum absolute atomic E-state index is 5.55. The van der Waals surface area contributed by atoms with Gasteiger partial charge in [-0.15, -0.1) is 0 Å². The number of hydrogen-bond acceptors (Lipinski definition) is 4. The van der Waals surface area contributed by atoms with Crippen LogP contribution in [0.2, 0.25) is 0 Å². The summed E-state index contributed by atoms with van der Waals surface area (Å²) >= 11 is 0. The predicted octanol–water partition coefficient (Wildman–Crippen LogP) is 2.37. The van der Waals surface area contributed by atoms with E-state index in [2.05, 4.69) is 39.8 Å². The number of aromatic nitrogens is 2. The minimum Gasteiger partial charge on any atom is -0.379 e. The molecule has 0 spiro atoms. The molecule has 0 unspecified atom stereocenters. The number of guanidine groups is 1. The largest absolute Gasteiger partial charge is 0.379 e. The fourth-order valence-corrected chi connectivity index (χ4v) is 2.45. The number of benzene rings is 1. The zero-order chi connectivity index (χ0) is 19.2. The van der Waals surface area contributed by atoms with E-state index in [0.29, 0.717) is 32.9 Å². The van der Waals surface area contributed by atoms with Crippen LogP contribution in [0.25, 0.3) is 5.69 Å². The highest BCUT2D eigenvalue weighted by molar-refractivity contribution is 5.79. The zero-order valence-corrected chi connectivity index (χ0v) is 16.4. The summed E-state index contributed by atoms with van der Waals surface area (Å²) in [6.07, 6.45) is 5.97. The minimum absolute atomic E-state index is 0.618. The van der Waals surface area contributed by atoms with Crippen molar-refractivity contribution < 1.29 is 9.47 Å². The van der Waals surface area contributed by atoms with Gasteiger partial charge in [0.2, 0.25) is 0 Å². The van der Waals surface area contributed by atoms with E-state index in [1.165, 1.54) is 0 Å². The zero-order valence-electron chi connectivity index (χ0n) is 16.4. The number of ether oxygens (including phenoxy) is 2. The third-order valence-corrected chi connectivity index (χ3v) is 3.92. The highest BCUT2D eigenvalue weighted by Gasteiger charge is 2.01. The van der Waals surface area contributed by atoms with Gasteiger partial charge in [-0.25, -0.2) is 4.68 Å². The third kappa shape index (κ3) is 8.23. The van der Waals surface area contributed by atoms with Crippen LogP contribution in [0.5, 0.6) is 0 Å². The molecule has 7 nitrogen and oxygen atoms in total. The average Bonchev–Trinajstić information content (AvgIpc) is 3.24. The summed E-state index contributed by atoms with van der Waals surface area (Å²) < 4.78 is 12.9. The Bertz CT molecular complexity index is 658. The summed E-state index contributed by atoms with van der Waals surface area (Å²) in [5, 5.41) is 10.8. The monoisotopic (exact) mass is 373 g/mol. The number of nitrogens with one attached hydrogen (secondary N) is 2. The molecule has 148 valence electrons. The van der Waals surface area contributed by atoms with E-state index in [4.69, 9.17) is 9.47 Å². The van der Waals surface area contributed by atoms with Crippen LogP contribution in [0.4, 0.5) is 0 Å². The predicted molar refractivity (Wildman–Crippen MR) is 108 cm³/mol. The van der Waals surface area contributed by atoms with E-state index in [9.17, 15) is 0 Å². The lowest BCUT2D eigenvalue weighted by molar-refractivity contribution is 0.0487. The maximum Gasteiger partial charge on any atom is 0.191 e. The molecule has 0 saturated heterocycles. The molecular weight excluding hydrogens is 342 g/mol. The molecule has 7 heteroatoms. The smallest absolute Gasteiger partial charge is 0.191 e. The van der Waals surface area contributed by atoms with Crippen LogP contribution in [0.1, 0.15) is 25.3 Å². The Kier molecular flexibility index (Phi) is 9.99. The normalized spacial score (nSPS) is 11.6. The molecule has 27 heavy (non-hydrogen) atoms. The van der Waals surface area contributed by atoms with Crippen molar-refractivity contribution in [2.75, 3.05) is 40.0 Å². The van der Waals surface area contributed by atoms with E-state index in [-0.39, 0.29) is 0 Å². The summed E-state index contributed by atoms with van der Waals surface area (Å²) in [7, 11) is 1.76. The average molecular weight is 374 g/mol. The first-order chi connectivity index (χ1) is 13.3. The second kappa shape index (κ2) is 12.9. The molecule has 2 N–H and O–H groups in total. The van der Waals surface area contributed by atoms with Gasteiger partial charge in [0.1, 0.15) is 0 Å². The maximum atomic E-state index is 5.55. The summed E-state index contributed by atoms with van der Waals surface area (Å²) in [4.78, 5) is 4.24. The van der Waals surface area contributed by atoms with Gasteiger partial charge < -0.3 is 20.1 Å². The fraction of sp³-hybridized carbons (Fsp3) is 0.500. The molecule has 0 aliphatic heterocycles. The van der Waals surface area contributed by atoms with Crippen molar-refractivity contribution in [3.63, 3.8) is 0 Å². The highest BCUT2D eigenvalue weighted by atomic mass is 16.5. The van der Waals surface area contributed by atoms with Gasteiger partial charge in [0.25, 0.3) is 0 Å². The highest BCUT2D eigenvalue weighted by Crippen LogP contribution is 2.09. The van der Waals surface area contributed by atoms with Gasteiger partial charge >= 0.3 is 0 Å². The molecule has 1 aromatic carbocycles. The van der Waals surface area contributed by atoms with Crippen LogP contribution >= 0.6 is 0 Å². The Morgan fingerprint density at radius 1 is 1.11 bits per heavy atom. The second-order valence-electron chi connectivity index (χ2n) is 6.05. The molecule has 1 heterocycles. The van der Waals surface area contributed by atoms with E-state index >= 15 is 0 Å². The van der Waals surface area contributed by atoms with Crippen LogP contribution in [0, 0.1) is 0 Å². The lowest BCUT2D eigenvalue weighted by Gasteiger charge is -2.13. The van der Waals surface area contributed by atoms with Crippen molar-refractivity contribution in [3.8, 4) is 5.69 Å². The SMILES string of the molecule is CCCCOCCOCCNC(=NC)NCc1cccc(-n2cccn2)c1. The van der Waals surface area contributed by atoms with Crippen molar-refractivity contribution in [2.45, 2.75) is 26.3 Å². The molecule has 0 saturated carbocycles. The van der Waals surface area contributed by atoms with E-state index in [0.717, 1.165) is 36.7 Å². The van der Waals surface area contributed by atoms with Crippen LogP contribution in [-0.2, 0) is 16.0 Å². The molecule has 1 aromatic heterocycles. The summed E-state index contributed by atoms with van der Waals surface area (Å²) in [6.45, 7) is 6.24. The Balaban J connectivity index is 1.62. The quantitative estimate of drug-likeness (QED) is 0.339. The lowest BCUT2D eigenvalue weighted by atomic mass is 10.2. The summed E-state index contributed by atoms with van der Waals surface area (Å²) in [5.41, 5.74) is 2.20. The minimum atomic E-state index is 0.618. The number of nitrogens with zero attached hydrogens (tertiary/aromatic N) is 3. The Hall–Kier alpha value is -2.38. The molecular formula is C20H31N5O2. The fourth-order valence-electron chi connectivity index (χ4n) is 2.45. The number of hydrogen-bond donors (Lipinski definition) is 2. The molecule has 2 rings (SSSR count). The third-order valence-electron chi connectivity index (χ3n) is 3.92. The Morgan fingerprint density at radius 3 is 2.70 bits per heavy atom. The van der Waals surface area contributed by atoms with Crippen molar-refractivity contribution in [1.29, 1.82) is 0 Å². The molecule has 0 amide bonds. The van der Waals surface area contributed by atoms with Crippen molar-refractivity contribution in [2.24, 2.45) is 4.99 Å². The molecule has 0 bridgehead atoms. The van der Waals surface area contributed by atoms with Crippen LogP contribution in [-0.4, -0.2) is 55.8 Å². The molecule has 0 aliphatic rings. The van der Waals surface area contributed by atoms with Gasteiger partial charge in [0.15, 0.2) is 5.96 Å². The van der Waals surface area contributed by atoms with E-state index < -0.39 is 0 Å². The van der Waals surface area contributed by atoms with Gasteiger partial charge in [0.05, 0.1) is 25.5 Å². The topological polar surface area (TPSA) is 72.7 Å². The second-order valence-corrected chi connectivity index (χ2v) is 6.05. The lowest BCUT2D eigenvalue weighted by Crippen LogP contribution is -2.38. The van der Waals surface area contributed by atoms with Gasteiger partial charge in [-0.3, -0.25) is 4.99 Å². The summed E-state index contributed by atoms with van der Waals surface area (Å²) in [6, 6.07) is 10.2. The molecule has 0 aliphatic carbocycles. The van der Waals surface area contributed by atoms with Gasteiger partial charge in [-0.1, -0.05) is 25.5 Å². The molecule has 0 fully saturated rings. The first-order valence-corrected chi connectivity index (χ1v) is 9.52. The first kappa shape index (κ1) is 20.9.